The Hall–Kier alpha value is -1.51. The summed E-state index contributed by atoms with van der Waals surface area (Å²) in [6, 6.07) is 6.35. The predicted molar refractivity (Wildman–Crippen MR) is 74.8 cm³/mol. The maximum absolute atomic E-state index is 11.9. The summed E-state index contributed by atoms with van der Waals surface area (Å²) in [7, 11) is 0. The number of hydrogen-bond donors (Lipinski definition) is 1. The van der Waals surface area contributed by atoms with Gasteiger partial charge in [0.05, 0.1) is 0 Å². The van der Waals surface area contributed by atoms with Crippen LogP contribution >= 0.6 is 0 Å². The summed E-state index contributed by atoms with van der Waals surface area (Å²) in [5, 5.41) is 3.36. The minimum Gasteiger partial charge on any atom is -0.384 e. The van der Waals surface area contributed by atoms with Crippen molar-refractivity contribution in [2.24, 2.45) is 0 Å². The molecule has 0 atom stereocenters. The van der Waals surface area contributed by atoms with Crippen LogP contribution in [0.2, 0.25) is 0 Å². The molecule has 1 saturated heterocycles. The summed E-state index contributed by atoms with van der Waals surface area (Å²) in [5.74, 6) is 0.283. The molecule has 0 radical (unpaired) electrons. The molecule has 1 fully saturated rings. The first-order chi connectivity index (χ1) is 8.66. The van der Waals surface area contributed by atoms with Crippen molar-refractivity contribution in [1.82, 2.24) is 4.90 Å². The van der Waals surface area contributed by atoms with Crippen LogP contribution in [-0.2, 0) is 4.79 Å². The van der Waals surface area contributed by atoms with Gasteiger partial charge in [-0.1, -0.05) is 12.1 Å². The van der Waals surface area contributed by atoms with Crippen LogP contribution in [0.25, 0.3) is 0 Å². The number of aryl methyl sites for hydroxylation is 2. The molecule has 2 rings (SSSR count). The van der Waals surface area contributed by atoms with Gasteiger partial charge >= 0.3 is 0 Å². The van der Waals surface area contributed by atoms with Crippen molar-refractivity contribution in [1.29, 1.82) is 0 Å². The van der Waals surface area contributed by atoms with Crippen molar-refractivity contribution in [3.8, 4) is 0 Å². The second kappa shape index (κ2) is 5.89. The molecule has 0 spiro atoms. The third-order valence-corrected chi connectivity index (χ3v) is 3.51. The highest BCUT2D eigenvalue weighted by Gasteiger charge is 2.16. The monoisotopic (exact) mass is 246 g/mol. The molecule has 0 aliphatic carbocycles. The number of nitrogens with zero attached hydrogens (tertiary/aromatic N) is 1. The zero-order valence-corrected chi connectivity index (χ0v) is 11.3. The van der Waals surface area contributed by atoms with Crippen molar-refractivity contribution in [2.75, 3.05) is 25.0 Å². The van der Waals surface area contributed by atoms with Gasteiger partial charge in [-0.3, -0.25) is 4.79 Å². The van der Waals surface area contributed by atoms with Crippen LogP contribution in [0.5, 0.6) is 0 Å². The lowest BCUT2D eigenvalue weighted by molar-refractivity contribution is -0.129. The van der Waals surface area contributed by atoms with E-state index in [1.165, 1.54) is 11.1 Å². The second-order valence-electron chi connectivity index (χ2n) is 5.08. The van der Waals surface area contributed by atoms with Gasteiger partial charge in [0.1, 0.15) is 0 Å². The molecular formula is C15H22N2O. The van der Waals surface area contributed by atoms with Crippen LogP contribution in [0.4, 0.5) is 5.69 Å². The summed E-state index contributed by atoms with van der Waals surface area (Å²) >= 11 is 0. The number of likely N-dealkylation sites (tertiary alicyclic amines) is 1. The van der Waals surface area contributed by atoms with Crippen LogP contribution in [-0.4, -0.2) is 30.4 Å². The number of rotatable bonds is 4. The number of anilines is 1. The fourth-order valence-electron chi connectivity index (χ4n) is 2.36. The summed E-state index contributed by atoms with van der Waals surface area (Å²) < 4.78 is 0. The molecule has 0 unspecified atom stereocenters. The summed E-state index contributed by atoms with van der Waals surface area (Å²) in [6.07, 6.45) is 2.92. The molecule has 0 aromatic heterocycles. The van der Waals surface area contributed by atoms with Crippen molar-refractivity contribution >= 4 is 11.6 Å². The molecule has 1 amide bonds. The Kier molecular flexibility index (Phi) is 4.24. The van der Waals surface area contributed by atoms with E-state index in [0.717, 1.165) is 38.2 Å². The fourth-order valence-corrected chi connectivity index (χ4v) is 2.36. The summed E-state index contributed by atoms with van der Waals surface area (Å²) in [6.45, 7) is 6.79. The van der Waals surface area contributed by atoms with E-state index < -0.39 is 0 Å². The molecule has 1 aromatic rings. The number of carbonyl (C=O) groups is 1. The quantitative estimate of drug-likeness (QED) is 0.886. The normalized spacial score (nSPS) is 14.9. The Morgan fingerprint density at radius 1 is 1.28 bits per heavy atom. The number of nitrogens with one attached hydrogen (secondary N) is 1. The van der Waals surface area contributed by atoms with E-state index in [9.17, 15) is 4.79 Å². The van der Waals surface area contributed by atoms with Gasteiger partial charge in [-0.2, -0.15) is 0 Å². The molecule has 1 N–H and O–H groups in total. The van der Waals surface area contributed by atoms with E-state index in [1.807, 2.05) is 4.90 Å². The number of benzene rings is 1. The SMILES string of the molecule is Cc1ccc(C)c(NCCC(=O)N2CCCC2)c1. The van der Waals surface area contributed by atoms with Crippen molar-refractivity contribution in [3.63, 3.8) is 0 Å². The van der Waals surface area contributed by atoms with Crippen LogP contribution in [0.15, 0.2) is 18.2 Å². The molecule has 98 valence electrons. The van der Waals surface area contributed by atoms with Gasteiger partial charge in [0, 0.05) is 31.7 Å². The Morgan fingerprint density at radius 2 is 2.00 bits per heavy atom. The molecule has 1 heterocycles. The van der Waals surface area contributed by atoms with Gasteiger partial charge in [0.2, 0.25) is 5.91 Å². The molecule has 0 saturated carbocycles. The molecule has 1 aliphatic rings. The molecule has 18 heavy (non-hydrogen) atoms. The number of amides is 1. The van der Waals surface area contributed by atoms with Gasteiger partial charge in [-0.05, 0) is 43.9 Å². The largest absolute Gasteiger partial charge is 0.384 e. The van der Waals surface area contributed by atoms with Gasteiger partial charge in [0.15, 0.2) is 0 Å². The molecule has 1 aliphatic heterocycles. The molecule has 0 bridgehead atoms. The predicted octanol–water partition coefficient (Wildman–Crippen LogP) is 2.73. The maximum atomic E-state index is 11.9. The Morgan fingerprint density at radius 3 is 2.72 bits per heavy atom. The van der Waals surface area contributed by atoms with Crippen molar-refractivity contribution < 1.29 is 4.79 Å². The summed E-state index contributed by atoms with van der Waals surface area (Å²) in [4.78, 5) is 13.9. The van der Waals surface area contributed by atoms with E-state index in [-0.39, 0.29) is 5.91 Å². The number of hydrogen-bond acceptors (Lipinski definition) is 2. The fraction of sp³-hybridized carbons (Fsp3) is 0.533. The Labute approximate surface area is 109 Å². The van der Waals surface area contributed by atoms with E-state index >= 15 is 0 Å². The van der Waals surface area contributed by atoms with Gasteiger partial charge < -0.3 is 10.2 Å². The highest BCUT2D eigenvalue weighted by Crippen LogP contribution is 2.16. The minimum absolute atomic E-state index is 0.283. The highest BCUT2D eigenvalue weighted by atomic mass is 16.2. The highest BCUT2D eigenvalue weighted by molar-refractivity contribution is 5.77. The minimum atomic E-state index is 0.283. The molecular weight excluding hydrogens is 224 g/mol. The van der Waals surface area contributed by atoms with Crippen molar-refractivity contribution in [2.45, 2.75) is 33.1 Å². The number of carbonyl (C=O) groups excluding carboxylic acids is 1. The van der Waals surface area contributed by atoms with E-state index in [0.29, 0.717) is 6.42 Å². The van der Waals surface area contributed by atoms with E-state index in [1.54, 1.807) is 0 Å². The van der Waals surface area contributed by atoms with Crippen molar-refractivity contribution in [3.05, 3.63) is 29.3 Å². The second-order valence-corrected chi connectivity index (χ2v) is 5.08. The third kappa shape index (κ3) is 3.25. The molecule has 1 aromatic carbocycles. The van der Waals surface area contributed by atoms with Gasteiger partial charge in [-0.25, -0.2) is 0 Å². The molecule has 3 heteroatoms. The van der Waals surface area contributed by atoms with Gasteiger partial charge in [0.25, 0.3) is 0 Å². The third-order valence-electron chi connectivity index (χ3n) is 3.51. The smallest absolute Gasteiger partial charge is 0.224 e. The lowest BCUT2D eigenvalue weighted by Gasteiger charge is -2.16. The average Bonchev–Trinajstić information content (AvgIpc) is 2.87. The summed E-state index contributed by atoms with van der Waals surface area (Å²) in [5.41, 5.74) is 3.62. The zero-order valence-electron chi connectivity index (χ0n) is 11.3. The lowest BCUT2D eigenvalue weighted by Crippen LogP contribution is -2.29. The van der Waals surface area contributed by atoms with Crippen LogP contribution in [0.1, 0.15) is 30.4 Å². The molecule has 3 nitrogen and oxygen atoms in total. The zero-order chi connectivity index (χ0) is 13.0. The van der Waals surface area contributed by atoms with E-state index in [2.05, 4.69) is 37.4 Å². The first kappa shape index (κ1) is 12.9. The van der Waals surface area contributed by atoms with E-state index in [4.69, 9.17) is 0 Å². The van der Waals surface area contributed by atoms with Crippen LogP contribution in [0.3, 0.4) is 0 Å². The first-order valence-electron chi connectivity index (χ1n) is 6.76. The Bertz CT molecular complexity index is 423. The van der Waals surface area contributed by atoms with Crippen LogP contribution < -0.4 is 5.32 Å². The Balaban J connectivity index is 1.81. The maximum Gasteiger partial charge on any atom is 0.224 e. The van der Waals surface area contributed by atoms with Crippen LogP contribution in [0, 0.1) is 13.8 Å². The average molecular weight is 246 g/mol. The first-order valence-corrected chi connectivity index (χ1v) is 6.76. The van der Waals surface area contributed by atoms with Gasteiger partial charge in [-0.15, -0.1) is 0 Å². The lowest BCUT2D eigenvalue weighted by atomic mass is 10.1. The standard InChI is InChI=1S/C15H22N2O/c1-12-5-6-13(2)14(11-12)16-8-7-15(18)17-9-3-4-10-17/h5-6,11,16H,3-4,7-10H2,1-2H3. The topological polar surface area (TPSA) is 32.3 Å².